The first-order valence-corrected chi connectivity index (χ1v) is 6.34. The SMILES string of the molecule is CCn1ccc2c(C3CC3)cc(C(C)=O)cc21. The predicted octanol–water partition coefficient (Wildman–Crippen LogP) is 3.74. The summed E-state index contributed by atoms with van der Waals surface area (Å²) in [6.45, 7) is 4.74. The highest BCUT2D eigenvalue weighted by Crippen LogP contribution is 2.43. The summed E-state index contributed by atoms with van der Waals surface area (Å²) in [6.07, 6.45) is 4.67. The minimum absolute atomic E-state index is 0.164. The number of nitrogens with zero attached hydrogens (tertiary/aromatic N) is 1. The van der Waals surface area contributed by atoms with Gasteiger partial charge >= 0.3 is 0 Å². The molecule has 1 aromatic carbocycles. The maximum atomic E-state index is 11.6. The number of aromatic nitrogens is 1. The molecular weight excluding hydrogens is 210 g/mol. The van der Waals surface area contributed by atoms with Gasteiger partial charge in [0.1, 0.15) is 0 Å². The van der Waals surface area contributed by atoms with Crippen LogP contribution in [0, 0.1) is 0 Å². The summed E-state index contributed by atoms with van der Waals surface area (Å²) in [4.78, 5) is 11.6. The van der Waals surface area contributed by atoms with Gasteiger partial charge in [0.15, 0.2) is 5.78 Å². The lowest BCUT2D eigenvalue weighted by atomic mass is 10.0. The van der Waals surface area contributed by atoms with Crippen LogP contribution < -0.4 is 0 Å². The van der Waals surface area contributed by atoms with Crippen LogP contribution in [0.5, 0.6) is 0 Å². The summed E-state index contributed by atoms with van der Waals surface area (Å²) in [5.74, 6) is 0.849. The highest BCUT2D eigenvalue weighted by molar-refractivity contribution is 5.99. The Balaban J connectivity index is 2.29. The van der Waals surface area contributed by atoms with E-state index in [1.54, 1.807) is 6.92 Å². The number of hydrogen-bond donors (Lipinski definition) is 0. The van der Waals surface area contributed by atoms with Crippen LogP contribution in [0.25, 0.3) is 10.9 Å². The molecular formula is C15H17NO. The molecule has 1 fully saturated rings. The number of Topliss-reactive ketones (excluding diaryl/α,β-unsaturated/α-hetero) is 1. The fourth-order valence-electron chi connectivity index (χ4n) is 2.54. The highest BCUT2D eigenvalue weighted by atomic mass is 16.1. The van der Waals surface area contributed by atoms with Gasteiger partial charge in [-0.1, -0.05) is 0 Å². The van der Waals surface area contributed by atoms with Crippen LogP contribution in [0.2, 0.25) is 0 Å². The molecule has 2 aromatic rings. The Morgan fingerprint density at radius 1 is 1.41 bits per heavy atom. The van der Waals surface area contributed by atoms with Crippen LogP contribution in [-0.4, -0.2) is 10.4 Å². The Kier molecular flexibility index (Phi) is 2.32. The van der Waals surface area contributed by atoms with E-state index >= 15 is 0 Å². The second-order valence-corrected chi connectivity index (χ2v) is 4.93. The second-order valence-electron chi connectivity index (χ2n) is 4.93. The molecule has 0 atom stereocenters. The van der Waals surface area contributed by atoms with E-state index < -0.39 is 0 Å². The molecule has 0 spiro atoms. The van der Waals surface area contributed by atoms with Crippen LogP contribution >= 0.6 is 0 Å². The maximum Gasteiger partial charge on any atom is 0.159 e. The van der Waals surface area contributed by atoms with E-state index in [2.05, 4.69) is 29.8 Å². The molecule has 2 heteroatoms. The van der Waals surface area contributed by atoms with Gasteiger partial charge < -0.3 is 4.57 Å². The smallest absolute Gasteiger partial charge is 0.159 e. The van der Waals surface area contributed by atoms with Crippen molar-refractivity contribution in [3.63, 3.8) is 0 Å². The number of aryl methyl sites for hydroxylation is 1. The van der Waals surface area contributed by atoms with Crippen LogP contribution in [0.15, 0.2) is 24.4 Å². The second kappa shape index (κ2) is 3.73. The Hall–Kier alpha value is -1.57. The maximum absolute atomic E-state index is 11.6. The van der Waals surface area contributed by atoms with Crippen molar-refractivity contribution in [1.29, 1.82) is 0 Å². The van der Waals surface area contributed by atoms with E-state index in [9.17, 15) is 4.79 Å². The monoisotopic (exact) mass is 227 g/mol. The van der Waals surface area contributed by atoms with Crippen molar-refractivity contribution >= 4 is 16.7 Å². The third kappa shape index (κ3) is 1.68. The molecule has 1 saturated carbocycles. The first-order chi connectivity index (χ1) is 8.20. The Morgan fingerprint density at radius 2 is 2.18 bits per heavy atom. The summed E-state index contributed by atoms with van der Waals surface area (Å²) in [5.41, 5.74) is 3.44. The van der Waals surface area contributed by atoms with E-state index in [0.717, 1.165) is 12.1 Å². The number of hydrogen-bond acceptors (Lipinski definition) is 1. The third-order valence-electron chi connectivity index (χ3n) is 3.69. The van der Waals surface area contributed by atoms with Gasteiger partial charge in [-0.15, -0.1) is 0 Å². The number of fused-ring (bicyclic) bond motifs is 1. The molecule has 88 valence electrons. The summed E-state index contributed by atoms with van der Waals surface area (Å²) in [7, 11) is 0. The summed E-state index contributed by atoms with van der Waals surface area (Å²) < 4.78 is 2.22. The van der Waals surface area contributed by atoms with Crippen molar-refractivity contribution in [2.45, 2.75) is 39.2 Å². The van der Waals surface area contributed by atoms with Gasteiger partial charge in [0, 0.05) is 29.2 Å². The normalized spacial score (nSPS) is 15.4. The molecule has 1 heterocycles. The van der Waals surface area contributed by atoms with E-state index in [1.807, 2.05) is 6.07 Å². The fraction of sp³-hybridized carbons (Fsp3) is 0.400. The van der Waals surface area contributed by atoms with Crippen LogP contribution in [0.3, 0.4) is 0 Å². The molecule has 0 N–H and O–H groups in total. The predicted molar refractivity (Wildman–Crippen MR) is 69.6 cm³/mol. The lowest BCUT2D eigenvalue weighted by Crippen LogP contribution is -1.97. The molecule has 17 heavy (non-hydrogen) atoms. The Labute approximate surface area is 101 Å². The number of benzene rings is 1. The molecule has 0 unspecified atom stereocenters. The average molecular weight is 227 g/mol. The van der Waals surface area contributed by atoms with Gasteiger partial charge in [-0.2, -0.15) is 0 Å². The molecule has 1 aromatic heterocycles. The lowest BCUT2D eigenvalue weighted by Gasteiger charge is -2.07. The Morgan fingerprint density at radius 3 is 2.76 bits per heavy atom. The van der Waals surface area contributed by atoms with Crippen molar-refractivity contribution in [3.8, 4) is 0 Å². The first kappa shape index (κ1) is 10.6. The van der Waals surface area contributed by atoms with Gasteiger partial charge in [0.2, 0.25) is 0 Å². The van der Waals surface area contributed by atoms with Crippen molar-refractivity contribution in [3.05, 3.63) is 35.5 Å². The molecule has 2 nitrogen and oxygen atoms in total. The van der Waals surface area contributed by atoms with Crippen LogP contribution in [0.1, 0.15) is 48.5 Å². The third-order valence-corrected chi connectivity index (χ3v) is 3.69. The molecule has 1 aliphatic rings. The summed E-state index contributed by atoms with van der Waals surface area (Å²) >= 11 is 0. The van der Waals surface area contributed by atoms with Crippen molar-refractivity contribution in [1.82, 2.24) is 4.57 Å². The molecule has 1 aliphatic carbocycles. The minimum atomic E-state index is 0.164. The minimum Gasteiger partial charge on any atom is -0.348 e. The van der Waals surface area contributed by atoms with Gasteiger partial charge in [0.25, 0.3) is 0 Å². The molecule has 0 saturated heterocycles. The van der Waals surface area contributed by atoms with E-state index in [4.69, 9.17) is 0 Å². The van der Waals surface area contributed by atoms with Crippen molar-refractivity contribution in [2.75, 3.05) is 0 Å². The first-order valence-electron chi connectivity index (χ1n) is 6.34. The summed E-state index contributed by atoms with van der Waals surface area (Å²) in [6, 6.07) is 6.33. The van der Waals surface area contributed by atoms with Crippen LogP contribution in [0.4, 0.5) is 0 Å². The van der Waals surface area contributed by atoms with Gasteiger partial charge in [-0.3, -0.25) is 4.79 Å². The fourth-order valence-corrected chi connectivity index (χ4v) is 2.54. The van der Waals surface area contributed by atoms with E-state index in [-0.39, 0.29) is 5.78 Å². The number of carbonyl (C=O) groups is 1. The van der Waals surface area contributed by atoms with E-state index in [1.165, 1.54) is 29.3 Å². The van der Waals surface area contributed by atoms with Crippen LogP contribution in [-0.2, 0) is 6.54 Å². The van der Waals surface area contributed by atoms with Crippen molar-refractivity contribution in [2.24, 2.45) is 0 Å². The highest BCUT2D eigenvalue weighted by Gasteiger charge is 2.26. The van der Waals surface area contributed by atoms with Gasteiger partial charge in [-0.05, 0) is 56.4 Å². The van der Waals surface area contributed by atoms with Gasteiger partial charge in [0.05, 0.1) is 0 Å². The lowest BCUT2D eigenvalue weighted by molar-refractivity contribution is 0.101. The molecule has 3 rings (SSSR count). The zero-order valence-corrected chi connectivity index (χ0v) is 10.4. The molecule has 0 amide bonds. The zero-order valence-electron chi connectivity index (χ0n) is 10.4. The summed E-state index contributed by atoms with van der Waals surface area (Å²) in [5, 5.41) is 1.33. The Bertz CT molecular complexity index is 590. The van der Waals surface area contributed by atoms with E-state index in [0.29, 0.717) is 5.92 Å². The quantitative estimate of drug-likeness (QED) is 0.732. The zero-order chi connectivity index (χ0) is 12.0. The van der Waals surface area contributed by atoms with Gasteiger partial charge in [-0.25, -0.2) is 0 Å². The number of ketones is 1. The standard InChI is InChI=1S/C15H17NO/c1-3-16-7-6-13-14(11-4-5-11)8-12(10(2)17)9-15(13)16/h6-9,11H,3-5H2,1-2H3. The molecule has 0 radical (unpaired) electrons. The van der Waals surface area contributed by atoms with Crippen molar-refractivity contribution < 1.29 is 4.79 Å². The topological polar surface area (TPSA) is 22.0 Å². The molecule has 0 aliphatic heterocycles. The molecule has 0 bridgehead atoms. The number of rotatable bonds is 3. The average Bonchev–Trinajstić information content (AvgIpc) is 3.07. The number of carbonyl (C=O) groups excluding carboxylic acids is 1. The largest absolute Gasteiger partial charge is 0.348 e.